The molecule has 0 amide bonds. The van der Waals surface area contributed by atoms with Crippen molar-refractivity contribution in [3.8, 4) is 0 Å². The van der Waals surface area contributed by atoms with Gasteiger partial charge in [0.15, 0.2) is 0 Å². The largest absolute Gasteiger partial charge is 0.277 e. The Labute approximate surface area is 192 Å². The van der Waals surface area contributed by atoms with Crippen LogP contribution in [0.3, 0.4) is 0 Å². The Morgan fingerprint density at radius 2 is 1.72 bits per heavy atom. The summed E-state index contributed by atoms with van der Waals surface area (Å²) in [5.74, 6) is -0.579. The summed E-state index contributed by atoms with van der Waals surface area (Å²) in [5, 5.41) is 3.70. The number of anilines is 1. The van der Waals surface area contributed by atoms with E-state index in [2.05, 4.69) is 5.10 Å². The van der Waals surface area contributed by atoms with Gasteiger partial charge in [-0.15, -0.1) is 0 Å². The number of nitrogens with zero attached hydrogens (tertiary/aromatic N) is 2. The first-order chi connectivity index (χ1) is 15.3. The lowest BCUT2D eigenvalue weighted by Crippen LogP contribution is -2.29. The van der Waals surface area contributed by atoms with Crippen molar-refractivity contribution in [1.29, 1.82) is 0 Å². The van der Waals surface area contributed by atoms with E-state index in [0.29, 0.717) is 33.1 Å². The first-order valence-electron chi connectivity index (χ1n) is 9.62. The second-order valence-electron chi connectivity index (χ2n) is 7.37. The normalized spacial score (nSPS) is 13.5. The zero-order valence-electron chi connectivity index (χ0n) is 16.4. The molecule has 7 nitrogen and oxygen atoms in total. The van der Waals surface area contributed by atoms with Gasteiger partial charge >= 0.3 is 0 Å². The minimum absolute atomic E-state index is 0.0250. The van der Waals surface area contributed by atoms with Gasteiger partial charge in [0.25, 0.3) is 21.5 Å². The van der Waals surface area contributed by atoms with Gasteiger partial charge in [-0.1, -0.05) is 29.3 Å². The topological polar surface area (TPSA) is 92.2 Å². The molecular weight excluding hydrogens is 473 g/mol. The van der Waals surface area contributed by atoms with E-state index in [0.717, 1.165) is 10.2 Å². The number of aromatic nitrogens is 2. The van der Waals surface area contributed by atoms with Gasteiger partial charge in [-0.05, 0) is 66.6 Å². The number of carbonyl (C=O) groups is 1. The highest BCUT2D eigenvalue weighted by Crippen LogP contribution is 2.34. The highest BCUT2D eigenvalue weighted by Gasteiger charge is 2.31. The first kappa shape index (κ1) is 20.8. The van der Waals surface area contributed by atoms with Crippen LogP contribution in [-0.2, 0) is 16.4 Å². The molecule has 1 aromatic heterocycles. The molecule has 1 aliphatic heterocycles. The summed E-state index contributed by atoms with van der Waals surface area (Å²) in [6, 6.07) is 15.4. The van der Waals surface area contributed by atoms with Crippen LogP contribution in [0, 0.1) is 0 Å². The van der Waals surface area contributed by atoms with Gasteiger partial charge in [-0.2, -0.15) is 0 Å². The predicted octanol–water partition coefficient (Wildman–Crippen LogP) is 4.08. The maximum Gasteiger partial charge on any atom is 0.277 e. The summed E-state index contributed by atoms with van der Waals surface area (Å²) in [7, 11) is -3.91. The molecule has 0 unspecified atom stereocenters. The monoisotopic (exact) mass is 487 g/mol. The quantitative estimate of drug-likeness (QED) is 0.471. The summed E-state index contributed by atoms with van der Waals surface area (Å²) in [5.41, 5.74) is 1.39. The molecule has 0 saturated heterocycles. The third-order valence-corrected chi connectivity index (χ3v) is 7.70. The fourth-order valence-electron chi connectivity index (χ4n) is 3.90. The number of hydrogen-bond donors (Lipinski definition) is 1. The summed E-state index contributed by atoms with van der Waals surface area (Å²) in [6.07, 6.45) is 0.547. The Bertz CT molecular complexity index is 1570. The fraction of sp³-hybridized carbons (Fsp3) is 0.0909. The zero-order chi connectivity index (χ0) is 22.6. The lowest BCUT2D eigenvalue weighted by atomic mass is 10.2. The van der Waals surface area contributed by atoms with Crippen LogP contribution in [0.5, 0.6) is 0 Å². The van der Waals surface area contributed by atoms with Crippen molar-refractivity contribution in [2.45, 2.75) is 11.3 Å². The Morgan fingerprint density at radius 1 is 0.969 bits per heavy atom. The van der Waals surface area contributed by atoms with E-state index in [9.17, 15) is 18.0 Å². The molecule has 1 aliphatic rings. The molecule has 1 N–H and O–H groups in total. The number of carbonyl (C=O) groups excluding carboxylic acids is 1. The smallest absolute Gasteiger partial charge is 0.267 e. The summed E-state index contributed by atoms with van der Waals surface area (Å²) >= 11 is 12.1. The second-order valence-corrected chi connectivity index (χ2v) is 10.1. The maximum atomic E-state index is 13.4. The third-order valence-electron chi connectivity index (χ3n) is 5.43. The van der Waals surface area contributed by atoms with E-state index in [4.69, 9.17) is 23.2 Å². The minimum Gasteiger partial charge on any atom is -0.267 e. The van der Waals surface area contributed by atoms with E-state index >= 15 is 0 Å². The summed E-state index contributed by atoms with van der Waals surface area (Å²) in [6.45, 7) is 0.282. The van der Waals surface area contributed by atoms with E-state index in [1.807, 2.05) is 0 Å². The molecule has 32 heavy (non-hydrogen) atoms. The second kappa shape index (κ2) is 7.51. The predicted molar refractivity (Wildman–Crippen MR) is 123 cm³/mol. The highest BCUT2D eigenvalue weighted by molar-refractivity contribution is 7.92. The fourth-order valence-corrected chi connectivity index (χ4v) is 5.81. The van der Waals surface area contributed by atoms with Gasteiger partial charge in [-0.25, -0.2) is 13.1 Å². The molecule has 0 radical (unpaired) electrons. The molecule has 0 aliphatic carbocycles. The Kier molecular flexibility index (Phi) is 4.88. The average Bonchev–Trinajstić information content (AvgIpc) is 3.34. The molecule has 0 spiro atoms. The number of aromatic amines is 1. The van der Waals surface area contributed by atoms with Crippen molar-refractivity contribution >= 4 is 55.7 Å². The van der Waals surface area contributed by atoms with Crippen LogP contribution in [0.25, 0.3) is 10.9 Å². The zero-order valence-corrected chi connectivity index (χ0v) is 18.7. The van der Waals surface area contributed by atoms with E-state index in [1.165, 1.54) is 40.7 Å². The molecular formula is C22H15Cl2N3O4S. The standard InChI is InChI=1S/C22H15Cl2N3O4S/c23-15-5-7-19-13(10-15)8-9-26(19)32(30,31)17-3-1-2-14(11-17)22(29)27-20-12-16(24)4-6-18(20)21(28)25-27/h1-7,10-12H,8-9H2,(H,25,28). The van der Waals surface area contributed by atoms with Crippen LogP contribution in [0.2, 0.25) is 10.0 Å². The van der Waals surface area contributed by atoms with Crippen LogP contribution < -0.4 is 9.86 Å². The Balaban J connectivity index is 1.56. The SMILES string of the molecule is O=C(c1cccc(S(=O)(=O)N2CCc3cc(Cl)ccc32)c1)n1[nH]c(=O)c2ccc(Cl)cc21. The Hall–Kier alpha value is -3.07. The molecule has 3 aromatic carbocycles. The van der Waals surface area contributed by atoms with Gasteiger partial charge in [0.05, 0.1) is 21.5 Å². The lowest BCUT2D eigenvalue weighted by molar-refractivity contribution is 0.0949. The average molecular weight is 488 g/mol. The van der Waals surface area contributed by atoms with Crippen molar-refractivity contribution in [1.82, 2.24) is 9.78 Å². The van der Waals surface area contributed by atoms with Crippen LogP contribution in [0.4, 0.5) is 5.69 Å². The molecule has 5 rings (SSSR count). The number of nitrogens with one attached hydrogen (secondary N) is 1. The number of halogens is 2. The highest BCUT2D eigenvalue weighted by atomic mass is 35.5. The summed E-state index contributed by atoms with van der Waals surface area (Å²) < 4.78 is 29.1. The molecule has 0 atom stereocenters. The van der Waals surface area contributed by atoms with Gasteiger partial charge in [0.2, 0.25) is 0 Å². The number of fused-ring (bicyclic) bond motifs is 2. The van der Waals surface area contributed by atoms with Crippen molar-refractivity contribution in [3.05, 3.63) is 92.2 Å². The van der Waals surface area contributed by atoms with E-state index in [-0.39, 0.29) is 17.0 Å². The number of rotatable bonds is 3. The van der Waals surface area contributed by atoms with Crippen LogP contribution in [0.15, 0.2) is 70.4 Å². The minimum atomic E-state index is -3.91. The van der Waals surface area contributed by atoms with Crippen LogP contribution >= 0.6 is 23.2 Å². The van der Waals surface area contributed by atoms with Crippen molar-refractivity contribution in [2.75, 3.05) is 10.8 Å². The molecule has 162 valence electrons. The van der Waals surface area contributed by atoms with Crippen LogP contribution in [0.1, 0.15) is 15.9 Å². The van der Waals surface area contributed by atoms with Crippen molar-refractivity contribution in [2.24, 2.45) is 0 Å². The third kappa shape index (κ3) is 3.31. The van der Waals surface area contributed by atoms with E-state index in [1.54, 1.807) is 24.3 Å². The molecule has 4 aromatic rings. The molecule has 2 heterocycles. The van der Waals surface area contributed by atoms with Gasteiger partial charge in [0, 0.05) is 22.2 Å². The molecule has 10 heteroatoms. The lowest BCUT2D eigenvalue weighted by Gasteiger charge is -2.20. The molecule has 0 fully saturated rings. The molecule has 0 saturated carbocycles. The Morgan fingerprint density at radius 3 is 2.53 bits per heavy atom. The maximum absolute atomic E-state index is 13.4. The van der Waals surface area contributed by atoms with Crippen LogP contribution in [-0.4, -0.2) is 30.7 Å². The van der Waals surface area contributed by atoms with Crippen molar-refractivity contribution < 1.29 is 13.2 Å². The number of H-pyrrole nitrogens is 1. The number of benzene rings is 3. The first-order valence-corrected chi connectivity index (χ1v) is 11.8. The van der Waals surface area contributed by atoms with Crippen molar-refractivity contribution in [3.63, 3.8) is 0 Å². The van der Waals surface area contributed by atoms with Gasteiger partial charge in [-0.3, -0.25) is 19.0 Å². The summed E-state index contributed by atoms with van der Waals surface area (Å²) in [4.78, 5) is 25.3. The number of sulfonamides is 1. The van der Waals surface area contributed by atoms with E-state index < -0.39 is 21.5 Å². The molecule has 0 bridgehead atoms. The number of hydrogen-bond acceptors (Lipinski definition) is 4. The van der Waals surface area contributed by atoms with Gasteiger partial charge in [0.1, 0.15) is 0 Å². The van der Waals surface area contributed by atoms with Gasteiger partial charge < -0.3 is 0 Å².